The van der Waals surface area contributed by atoms with Gasteiger partial charge in [0.15, 0.2) is 17.1 Å². The van der Waals surface area contributed by atoms with Crippen LogP contribution < -0.4 is 5.43 Å². The van der Waals surface area contributed by atoms with Crippen LogP contribution in [0.2, 0.25) is 0 Å². The molecule has 0 aliphatic carbocycles. The van der Waals surface area contributed by atoms with Crippen LogP contribution in [-0.4, -0.2) is 4.98 Å². The fourth-order valence-electron chi connectivity index (χ4n) is 1.50. The Hall–Kier alpha value is -1.71. The van der Waals surface area contributed by atoms with E-state index in [1.807, 2.05) is 6.92 Å². The minimum atomic E-state index is -1.00. The molecule has 0 aliphatic rings. The van der Waals surface area contributed by atoms with Crippen molar-refractivity contribution in [2.75, 3.05) is 0 Å². The van der Waals surface area contributed by atoms with Crippen LogP contribution in [0, 0.1) is 11.6 Å². The Bertz CT molecular complexity index is 575. The van der Waals surface area contributed by atoms with Gasteiger partial charge in [-0.3, -0.25) is 4.79 Å². The smallest absolute Gasteiger partial charge is 0.189 e. The van der Waals surface area contributed by atoms with Gasteiger partial charge < -0.3 is 4.98 Å². The number of aromatic nitrogens is 1. The molecule has 2 nitrogen and oxygen atoms in total. The van der Waals surface area contributed by atoms with Crippen molar-refractivity contribution >= 4 is 10.9 Å². The van der Waals surface area contributed by atoms with Gasteiger partial charge in [0, 0.05) is 17.1 Å². The average molecular weight is 209 g/mol. The summed E-state index contributed by atoms with van der Waals surface area (Å²) in [6.07, 6.45) is 0.571. The van der Waals surface area contributed by atoms with Crippen LogP contribution >= 0.6 is 0 Å². The molecule has 0 fully saturated rings. The molecule has 0 saturated heterocycles. The van der Waals surface area contributed by atoms with Crippen LogP contribution in [0.4, 0.5) is 8.78 Å². The molecule has 0 saturated carbocycles. The van der Waals surface area contributed by atoms with E-state index < -0.39 is 11.6 Å². The van der Waals surface area contributed by atoms with E-state index in [1.165, 1.54) is 12.1 Å². The van der Waals surface area contributed by atoms with Crippen molar-refractivity contribution in [3.8, 4) is 0 Å². The first-order valence-corrected chi connectivity index (χ1v) is 4.63. The Morgan fingerprint density at radius 1 is 1.33 bits per heavy atom. The largest absolute Gasteiger partial charge is 0.356 e. The second kappa shape index (κ2) is 3.46. The standard InChI is InChI=1S/C11H9F2NO/c1-2-6-5-9(15)7-3-4-8(12)10(13)11(7)14-6/h3-5H,2H2,1H3,(H,14,15). The lowest BCUT2D eigenvalue weighted by atomic mass is 10.1. The van der Waals surface area contributed by atoms with Gasteiger partial charge in [-0.05, 0) is 18.6 Å². The van der Waals surface area contributed by atoms with E-state index in [0.29, 0.717) is 12.1 Å². The molecule has 0 amide bonds. The lowest BCUT2D eigenvalue weighted by molar-refractivity contribution is 0.515. The number of nitrogens with one attached hydrogen (secondary N) is 1. The van der Waals surface area contributed by atoms with Gasteiger partial charge in [-0.2, -0.15) is 0 Å². The summed E-state index contributed by atoms with van der Waals surface area (Å²) in [5.41, 5.74) is 0.246. The molecule has 2 aromatic rings. The fraction of sp³-hybridized carbons (Fsp3) is 0.182. The molecule has 0 spiro atoms. The highest BCUT2D eigenvalue weighted by Crippen LogP contribution is 2.16. The van der Waals surface area contributed by atoms with Gasteiger partial charge in [-0.15, -0.1) is 0 Å². The van der Waals surface area contributed by atoms with Gasteiger partial charge in [0.05, 0.1) is 5.52 Å². The molecule has 0 radical (unpaired) electrons. The van der Waals surface area contributed by atoms with Gasteiger partial charge in [-0.25, -0.2) is 8.78 Å². The van der Waals surface area contributed by atoms with Gasteiger partial charge >= 0.3 is 0 Å². The number of halogens is 2. The zero-order valence-corrected chi connectivity index (χ0v) is 8.10. The molecule has 1 aromatic carbocycles. The first-order valence-electron chi connectivity index (χ1n) is 4.63. The third kappa shape index (κ3) is 1.52. The van der Waals surface area contributed by atoms with E-state index in [0.717, 1.165) is 6.07 Å². The van der Waals surface area contributed by atoms with Crippen molar-refractivity contribution in [3.63, 3.8) is 0 Å². The minimum absolute atomic E-state index is 0.0562. The van der Waals surface area contributed by atoms with E-state index in [2.05, 4.69) is 4.98 Å². The average Bonchev–Trinajstić information content (AvgIpc) is 2.23. The molecule has 78 valence electrons. The molecule has 0 atom stereocenters. The Morgan fingerprint density at radius 3 is 2.73 bits per heavy atom. The molecular weight excluding hydrogens is 200 g/mol. The van der Waals surface area contributed by atoms with E-state index in [9.17, 15) is 13.6 Å². The molecule has 0 bridgehead atoms. The summed E-state index contributed by atoms with van der Waals surface area (Å²) in [4.78, 5) is 14.2. The van der Waals surface area contributed by atoms with Gasteiger partial charge in [0.25, 0.3) is 0 Å². The number of aromatic amines is 1. The van der Waals surface area contributed by atoms with Crippen molar-refractivity contribution in [1.29, 1.82) is 0 Å². The third-order valence-electron chi connectivity index (χ3n) is 2.33. The SMILES string of the molecule is CCc1cc(=O)c2ccc(F)c(F)c2[nH]1. The predicted molar refractivity (Wildman–Crippen MR) is 53.9 cm³/mol. The van der Waals surface area contributed by atoms with Crippen LogP contribution in [-0.2, 0) is 6.42 Å². The third-order valence-corrected chi connectivity index (χ3v) is 2.33. The van der Waals surface area contributed by atoms with E-state index in [4.69, 9.17) is 0 Å². The Kier molecular flexibility index (Phi) is 2.26. The number of H-pyrrole nitrogens is 1. The number of pyridine rings is 1. The molecule has 4 heteroatoms. The second-order valence-corrected chi connectivity index (χ2v) is 3.30. The maximum Gasteiger partial charge on any atom is 0.189 e. The highest BCUT2D eigenvalue weighted by atomic mass is 19.2. The predicted octanol–water partition coefficient (Wildman–Crippen LogP) is 2.37. The Morgan fingerprint density at radius 2 is 2.07 bits per heavy atom. The Balaban J connectivity index is 2.93. The summed E-state index contributed by atoms with van der Waals surface area (Å²) in [5.74, 6) is -1.95. The number of benzene rings is 1. The molecule has 1 aromatic heterocycles. The van der Waals surface area contributed by atoms with Crippen molar-refractivity contribution in [2.24, 2.45) is 0 Å². The van der Waals surface area contributed by atoms with Crippen molar-refractivity contribution in [3.05, 3.63) is 45.8 Å². The topological polar surface area (TPSA) is 32.9 Å². The van der Waals surface area contributed by atoms with Crippen LogP contribution in [0.3, 0.4) is 0 Å². The van der Waals surface area contributed by atoms with Crippen molar-refractivity contribution in [1.82, 2.24) is 4.98 Å². The van der Waals surface area contributed by atoms with E-state index in [1.54, 1.807) is 0 Å². The molecule has 0 unspecified atom stereocenters. The van der Waals surface area contributed by atoms with Gasteiger partial charge in [0.2, 0.25) is 0 Å². The molecule has 2 rings (SSSR count). The molecule has 0 aliphatic heterocycles. The summed E-state index contributed by atoms with van der Waals surface area (Å²) in [7, 11) is 0. The Labute approximate surface area is 84.6 Å². The monoisotopic (exact) mass is 209 g/mol. The fourth-order valence-corrected chi connectivity index (χ4v) is 1.50. The summed E-state index contributed by atoms with van der Waals surface area (Å²) in [6, 6.07) is 3.64. The van der Waals surface area contributed by atoms with Gasteiger partial charge in [-0.1, -0.05) is 6.92 Å². The minimum Gasteiger partial charge on any atom is -0.356 e. The maximum atomic E-state index is 13.3. The summed E-state index contributed by atoms with van der Waals surface area (Å²) < 4.78 is 26.3. The number of fused-ring (bicyclic) bond motifs is 1. The normalized spacial score (nSPS) is 10.9. The van der Waals surface area contributed by atoms with E-state index in [-0.39, 0.29) is 16.3 Å². The van der Waals surface area contributed by atoms with Crippen LogP contribution in [0.1, 0.15) is 12.6 Å². The number of aryl methyl sites for hydroxylation is 1. The first kappa shape index (κ1) is 9.83. The van der Waals surface area contributed by atoms with Crippen LogP contribution in [0.15, 0.2) is 23.0 Å². The van der Waals surface area contributed by atoms with Crippen LogP contribution in [0.5, 0.6) is 0 Å². The van der Waals surface area contributed by atoms with E-state index >= 15 is 0 Å². The highest BCUT2D eigenvalue weighted by molar-refractivity contribution is 5.79. The zero-order valence-electron chi connectivity index (χ0n) is 8.10. The van der Waals surface area contributed by atoms with Crippen LogP contribution in [0.25, 0.3) is 10.9 Å². The summed E-state index contributed by atoms with van der Waals surface area (Å²) in [5, 5.41) is 0.172. The quantitative estimate of drug-likeness (QED) is 0.768. The summed E-state index contributed by atoms with van der Waals surface area (Å²) in [6.45, 7) is 1.83. The molecule has 1 heterocycles. The van der Waals surface area contributed by atoms with Crippen molar-refractivity contribution in [2.45, 2.75) is 13.3 Å². The molecule has 15 heavy (non-hydrogen) atoms. The lowest BCUT2D eigenvalue weighted by Gasteiger charge is -2.03. The summed E-state index contributed by atoms with van der Waals surface area (Å²) >= 11 is 0. The van der Waals surface area contributed by atoms with Crippen molar-refractivity contribution < 1.29 is 8.78 Å². The second-order valence-electron chi connectivity index (χ2n) is 3.30. The first-order chi connectivity index (χ1) is 7.13. The number of rotatable bonds is 1. The lowest BCUT2D eigenvalue weighted by Crippen LogP contribution is -2.06. The highest BCUT2D eigenvalue weighted by Gasteiger charge is 2.10. The van der Waals surface area contributed by atoms with Gasteiger partial charge in [0.1, 0.15) is 0 Å². The number of hydrogen-bond acceptors (Lipinski definition) is 1. The maximum absolute atomic E-state index is 13.3. The zero-order chi connectivity index (χ0) is 11.0. The molecular formula is C11H9F2NO. The molecule has 1 N–H and O–H groups in total. The number of hydrogen-bond donors (Lipinski definition) is 1.